The number of aliphatic carboxylic acids is 1. The molecule has 0 spiro atoms. The number of aliphatic hydroxyl groups excluding tert-OH is 1. The van der Waals surface area contributed by atoms with Gasteiger partial charge in [0.2, 0.25) is 0 Å². The lowest BCUT2D eigenvalue weighted by molar-refractivity contribution is -0.139. The molecule has 0 aromatic carbocycles. The highest BCUT2D eigenvalue weighted by atomic mass is 32.2. The summed E-state index contributed by atoms with van der Waals surface area (Å²) in [7, 11) is -3.87. The second kappa shape index (κ2) is 4.91. The average molecular weight is 265 g/mol. The molecule has 0 bridgehead atoms. The van der Waals surface area contributed by atoms with Crippen LogP contribution in [0, 0.1) is 6.92 Å². The van der Waals surface area contributed by atoms with Gasteiger partial charge in [-0.2, -0.15) is 4.72 Å². The second-order valence-electron chi connectivity index (χ2n) is 3.06. The molecular weight excluding hydrogens is 254 g/mol. The van der Waals surface area contributed by atoms with E-state index in [9.17, 15) is 13.2 Å². The number of nitrogens with one attached hydrogen (secondary N) is 1. The highest BCUT2D eigenvalue weighted by Gasteiger charge is 2.25. The zero-order valence-electron chi connectivity index (χ0n) is 8.37. The van der Waals surface area contributed by atoms with Crippen LogP contribution in [0.2, 0.25) is 0 Å². The lowest BCUT2D eigenvalue weighted by atomic mass is 10.3. The molecule has 0 aliphatic rings. The van der Waals surface area contributed by atoms with Crippen LogP contribution in [0.3, 0.4) is 0 Å². The molecule has 3 N–H and O–H groups in total. The van der Waals surface area contributed by atoms with Crippen molar-refractivity contribution in [2.24, 2.45) is 0 Å². The number of aryl methyl sites for hydroxylation is 1. The van der Waals surface area contributed by atoms with E-state index in [-0.39, 0.29) is 4.21 Å². The molecule has 0 unspecified atom stereocenters. The van der Waals surface area contributed by atoms with Crippen molar-refractivity contribution < 1.29 is 23.4 Å². The molecular formula is C8H11NO5S2. The van der Waals surface area contributed by atoms with Gasteiger partial charge in [0, 0.05) is 4.88 Å². The number of hydrogen-bond acceptors (Lipinski definition) is 5. The molecule has 8 heteroatoms. The first-order chi connectivity index (χ1) is 7.36. The summed E-state index contributed by atoms with van der Waals surface area (Å²) in [5.74, 6) is -1.42. The highest BCUT2D eigenvalue weighted by Crippen LogP contribution is 2.20. The van der Waals surface area contributed by atoms with Gasteiger partial charge in [-0.15, -0.1) is 11.3 Å². The van der Waals surface area contributed by atoms with Crippen molar-refractivity contribution in [1.29, 1.82) is 0 Å². The molecule has 1 heterocycles. The molecule has 90 valence electrons. The minimum Gasteiger partial charge on any atom is -0.480 e. The minimum atomic E-state index is -3.87. The lowest BCUT2D eigenvalue weighted by Crippen LogP contribution is -2.42. The Labute approximate surface area is 96.6 Å². The summed E-state index contributed by atoms with van der Waals surface area (Å²) in [6, 6.07) is 1.49. The topological polar surface area (TPSA) is 104 Å². The number of aliphatic hydroxyl groups is 1. The predicted octanol–water partition coefficient (Wildman–Crippen LogP) is -0.220. The monoisotopic (exact) mass is 265 g/mol. The van der Waals surface area contributed by atoms with Crippen LogP contribution in [-0.4, -0.2) is 37.2 Å². The van der Waals surface area contributed by atoms with Gasteiger partial charge in [-0.1, -0.05) is 0 Å². The fourth-order valence-corrected chi connectivity index (χ4v) is 3.45. The summed E-state index contributed by atoms with van der Waals surface area (Å²) in [6.07, 6.45) is 0. The number of thiophene rings is 1. The van der Waals surface area contributed by atoms with E-state index in [4.69, 9.17) is 10.2 Å². The molecule has 0 saturated carbocycles. The third-order valence-corrected chi connectivity index (χ3v) is 4.72. The molecule has 0 fully saturated rings. The summed E-state index contributed by atoms with van der Waals surface area (Å²) in [6.45, 7) is 0.948. The summed E-state index contributed by atoms with van der Waals surface area (Å²) >= 11 is 1.03. The van der Waals surface area contributed by atoms with E-state index in [1.807, 2.05) is 4.72 Å². The Kier molecular flexibility index (Phi) is 4.03. The molecule has 0 aliphatic heterocycles. The van der Waals surface area contributed by atoms with E-state index < -0.39 is 28.6 Å². The Hall–Kier alpha value is -0.960. The molecule has 1 atom stereocenters. The van der Waals surface area contributed by atoms with E-state index >= 15 is 0 Å². The second-order valence-corrected chi connectivity index (χ2v) is 6.29. The van der Waals surface area contributed by atoms with Crippen LogP contribution in [0.5, 0.6) is 0 Å². The summed E-state index contributed by atoms with van der Waals surface area (Å²) in [5, 5.41) is 17.3. The lowest BCUT2D eigenvalue weighted by Gasteiger charge is -2.10. The van der Waals surface area contributed by atoms with E-state index in [0.717, 1.165) is 16.2 Å². The molecule has 0 saturated heterocycles. The van der Waals surface area contributed by atoms with Crippen LogP contribution in [-0.2, 0) is 14.8 Å². The molecule has 1 aromatic heterocycles. The van der Waals surface area contributed by atoms with E-state index in [1.54, 1.807) is 13.0 Å². The number of sulfonamides is 1. The van der Waals surface area contributed by atoms with E-state index in [1.165, 1.54) is 6.07 Å². The predicted molar refractivity (Wildman–Crippen MR) is 57.9 cm³/mol. The van der Waals surface area contributed by atoms with Crippen molar-refractivity contribution in [2.45, 2.75) is 17.2 Å². The number of carboxylic acid groups (broad SMARTS) is 1. The van der Waals surface area contributed by atoms with Crippen molar-refractivity contribution in [3.63, 3.8) is 0 Å². The molecule has 0 aliphatic carbocycles. The maximum atomic E-state index is 11.6. The van der Waals surface area contributed by atoms with Crippen LogP contribution in [0.1, 0.15) is 4.88 Å². The molecule has 16 heavy (non-hydrogen) atoms. The van der Waals surface area contributed by atoms with Gasteiger partial charge in [-0.05, 0) is 19.1 Å². The number of carbonyl (C=O) groups is 1. The van der Waals surface area contributed by atoms with Crippen molar-refractivity contribution in [3.05, 3.63) is 17.0 Å². The van der Waals surface area contributed by atoms with Gasteiger partial charge in [-0.25, -0.2) is 8.42 Å². The first-order valence-corrected chi connectivity index (χ1v) is 6.59. The average Bonchev–Trinajstić information content (AvgIpc) is 2.61. The standard InChI is InChI=1S/C8H11NO5S2/c1-5-2-3-7(15-5)16(13,14)9-6(4-10)8(11)12/h2-3,6,9-10H,4H2,1H3,(H,11,12)/t6-/m0/s1. The van der Waals surface area contributed by atoms with Gasteiger partial charge >= 0.3 is 5.97 Å². The molecule has 0 radical (unpaired) electrons. The van der Waals surface area contributed by atoms with Gasteiger partial charge in [0.1, 0.15) is 10.3 Å². The highest BCUT2D eigenvalue weighted by molar-refractivity contribution is 7.91. The Morgan fingerprint density at radius 3 is 2.56 bits per heavy atom. The number of rotatable bonds is 5. The Balaban J connectivity index is 2.91. The zero-order valence-corrected chi connectivity index (χ0v) is 10.0. The first-order valence-electron chi connectivity index (χ1n) is 4.29. The third-order valence-electron chi connectivity index (χ3n) is 1.76. The largest absolute Gasteiger partial charge is 0.480 e. The Morgan fingerprint density at radius 1 is 1.56 bits per heavy atom. The normalized spacial score (nSPS) is 13.6. The van der Waals surface area contributed by atoms with Gasteiger partial charge in [0.15, 0.2) is 0 Å². The van der Waals surface area contributed by atoms with Crippen molar-refractivity contribution in [3.8, 4) is 0 Å². The van der Waals surface area contributed by atoms with Crippen LogP contribution >= 0.6 is 11.3 Å². The Morgan fingerprint density at radius 2 is 2.19 bits per heavy atom. The van der Waals surface area contributed by atoms with Gasteiger partial charge in [0.05, 0.1) is 6.61 Å². The van der Waals surface area contributed by atoms with Crippen LogP contribution in [0.15, 0.2) is 16.3 Å². The van der Waals surface area contributed by atoms with E-state index in [0.29, 0.717) is 0 Å². The number of hydrogen-bond donors (Lipinski definition) is 3. The minimum absolute atomic E-state index is 0.0321. The fourth-order valence-electron chi connectivity index (χ4n) is 0.968. The zero-order chi connectivity index (χ0) is 12.3. The molecule has 0 amide bonds. The van der Waals surface area contributed by atoms with Gasteiger partial charge in [-0.3, -0.25) is 4.79 Å². The number of carboxylic acids is 1. The summed E-state index contributed by atoms with van der Waals surface area (Å²) < 4.78 is 25.2. The van der Waals surface area contributed by atoms with Gasteiger partial charge < -0.3 is 10.2 Å². The maximum absolute atomic E-state index is 11.6. The molecule has 1 aromatic rings. The van der Waals surface area contributed by atoms with Crippen LogP contribution in [0.4, 0.5) is 0 Å². The van der Waals surface area contributed by atoms with E-state index in [2.05, 4.69) is 0 Å². The summed E-state index contributed by atoms with van der Waals surface area (Å²) in [5.41, 5.74) is 0. The van der Waals surface area contributed by atoms with Crippen LogP contribution in [0.25, 0.3) is 0 Å². The molecule has 6 nitrogen and oxygen atoms in total. The fraction of sp³-hybridized carbons (Fsp3) is 0.375. The summed E-state index contributed by atoms with van der Waals surface area (Å²) in [4.78, 5) is 11.4. The SMILES string of the molecule is Cc1ccc(S(=O)(=O)N[C@@H](CO)C(=O)O)s1. The van der Waals surface area contributed by atoms with Crippen molar-refractivity contribution >= 4 is 27.3 Å². The maximum Gasteiger partial charge on any atom is 0.324 e. The smallest absolute Gasteiger partial charge is 0.324 e. The first kappa shape index (κ1) is 13.1. The van der Waals surface area contributed by atoms with Gasteiger partial charge in [0.25, 0.3) is 10.0 Å². The quantitative estimate of drug-likeness (QED) is 0.683. The molecule has 1 rings (SSSR count). The third kappa shape index (κ3) is 3.01. The van der Waals surface area contributed by atoms with Crippen molar-refractivity contribution in [2.75, 3.05) is 6.61 Å². The Bertz CT molecular complexity index is 478. The van der Waals surface area contributed by atoms with Crippen LogP contribution < -0.4 is 4.72 Å². The van der Waals surface area contributed by atoms with Crippen molar-refractivity contribution in [1.82, 2.24) is 4.72 Å².